The molecule has 6 heteroatoms. The predicted molar refractivity (Wildman–Crippen MR) is 155 cm³/mol. The van der Waals surface area contributed by atoms with Crippen molar-refractivity contribution in [2.45, 2.75) is 151 Å². The molecule has 0 aromatic carbocycles. The molecule has 6 unspecified atom stereocenters. The molecule has 6 nitrogen and oxygen atoms in total. The third-order valence-corrected chi connectivity index (χ3v) is 8.12. The molecule has 0 aliphatic rings. The summed E-state index contributed by atoms with van der Waals surface area (Å²) in [5.41, 5.74) is -2.00. The Morgan fingerprint density at radius 3 is 1.76 bits per heavy atom. The highest BCUT2D eigenvalue weighted by atomic mass is 16.4. The van der Waals surface area contributed by atoms with Crippen molar-refractivity contribution in [3.63, 3.8) is 0 Å². The van der Waals surface area contributed by atoms with E-state index < -0.39 is 47.5 Å². The topological polar surface area (TPSA) is 112 Å². The van der Waals surface area contributed by atoms with E-state index in [0.717, 1.165) is 64.2 Å². The molecular formula is C32H60O6. The Bertz CT molecular complexity index is 675. The second kappa shape index (κ2) is 19.9. The number of aliphatic hydroxyl groups excluding tert-OH is 3. The fraction of sp³-hybridized carbons (Fsp3) is 0.906. The second-order valence-electron chi connectivity index (χ2n) is 12.4. The monoisotopic (exact) mass is 540 g/mol. The highest BCUT2D eigenvalue weighted by Gasteiger charge is 2.55. The van der Waals surface area contributed by atoms with E-state index in [4.69, 9.17) is 0 Å². The quantitative estimate of drug-likeness (QED) is 0.0957. The van der Waals surface area contributed by atoms with Gasteiger partial charge in [-0.1, -0.05) is 113 Å². The standard InChI is InChI=1S/C32H60O6/c1-8-10-12-16-24(5)19-20-28(35)32(31(38)29(36)27(34)22-33,21-25(6)17-14-15-23(3)4)30(37)26(7)18-13-11-9-2/h23-27,29,33-34,36H,8-22H2,1-7H3. The first-order chi connectivity index (χ1) is 17.9. The van der Waals surface area contributed by atoms with Gasteiger partial charge in [-0.05, 0) is 37.0 Å². The highest BCUT2D eigenvalue weighted by Crippen LogP contribution is 2.39. The zero-order chi connectivity index (χ0) is 29.3. The number of aliphatic hydroxyl groups is 3. The van der Waals surface area contributed by atoms with Gasteiger partial charge in [-0.15, -0.1) is 0 Å². The summed E-state index contributed by atoms with van der Waals surface area (Å²) in [6.45, 7) is 13.5. The Kier molecular flexibility index (Phi) is 19.3. The summed E-state index contributed by atoms with van der Waals surface area (Å²) in [4.78, 5) is 42.1. The van der Waals surface area contributed by atoms with Gasteiger partial charge in [-0.3, -0.25) is 14.4 Å². The molecule has 0 aliphatic heterocycles. The van der Waals surface area contributed by atoms with Gasteiger partial charge in [0.25, 0.3) is 0 Å². The minimum atomic E-state index is -2.00. The summed E-state index contributed by atoms with van der Waals surface area (Å²) in [6.07, 6.45) is 7.36. The van der Waals surface area contributed by atoms with Crippen molar-refractivity contribution in [1.82, 2.24) is 0 Å². The van der Waals surface area contributed by atoms with Crippen LogP contribution in [-0.4, -0.2) is 51.5 Å². The van der Waals surface area contributed by atoms with E-state index in [2.05, 4.69) is 34.6 Å². The first-order valence-corrected chi connectivity index (χ1v) is 15.5. The SMILES string of the molecule is CCCCCC(C)CCC(=O)C(CC(C)CCCC(C)C)(C(=O)C(C)CCCCC)C(=O)C(O)C(O)CO. The number of rotatable bonds is 24. The van der Waals surface area contributed by atoms with Crippen LogP contribution in [0.2, 0.25) is 0 Å². The van der Waals surface area contributed by atoms with Gasteiger partial charge in [0.2, 0.25) is 0 Å². The zero-order valence-electron chi connectivity index (χ0n) is 25.6. The fourth-order valence-electron chi connectivity index (χ4n) is 5.47. The maximum atomic E-state index is 14.1. The smallest absolute Gasteiger partial charge is 0.184 e. The Hall–Kier alpha value is -1.11. The normalized spacial score (nSPS) is 17.4. The average molecular weight is 541 g/mol. The lowest BCUT2D eigenvalue weighted by atomic mass is 9.63. The summed E-state index contributed by atoms with van der Waals surface area (Å²) >= 11 is 0. The molecule has 3 N–H and O–H groups in total. The van der Waals surface area contributed by atoms with Gasteiger partial charge in [0.05, 0.1) is 6.61 Å². The lowest BCUT2D eigenvalue weighted by Crippen LogP contribution is -2.56. The zero-order valence-corrected chi connectivity index (χ0v) is 25.6. The molecule has 0 spiro atoms. The number of carbonyl (C=O) groups is 3. The molecule has 0 saturated carbocycles. The van der Waals surface area contributed by atoms with Crippen LogP contribution in [0.25, 0.3) is 0 Å². The molecule has 0 heterocycles. The fourth-order valence-corrected chi connectivity index (χ4v) is 5.47. The number of carbonyl (C=O) groups excluding carboxylic acids is 3. The van der Waals surface area contributed by atoms with E-state index in [9.17, 15) is 29.7 Å². The van der Waals surface area contributed by atoms with Crippen LogP contribution >= 0.6 is 0 Å². The predicted octanol–water partition coefficient (Wildman–Crippen LogP) is 6.46. The molecule has 0 rings (SSSR count). The van der Waals surface area contributed by atoms with Crippen molar-refractivity contribution in [1.29, 1.82) is 0 Å². The van der Waals surface area contributed by atoms with Crippen LogP contribution in [0.4, 0.5) is 0 Å². The van der Waals surface area contributed by atoms with Gasteiger partial charge < -0.3 is 15.3 Å². The van der Waals surface area contributed by atoms with Gasteiger partial charge in [0, 0.05) is 12.3 Å². The molecule has 0 fully saturated rings. The van der Waals surface area contributed by atoms with Crippen LogP contribution in [0.15, 0.2) is 0 Å². The summed E-state index contributed by atoms with van der Waals surface area (Å²) in [5.74, 6) is -1.59. The molecule has 38 heavy (non-hydrogen) atoms. The van der Waals surface area contributed by atoms with Crippen LogP contribution < -0.4 is 0 Å². The maximum absolute atomic E-state index is 14.1. The lowest BCUT2D eigenvalue weighted by Gasteiger charge is -2.36. The van der Waals surface area contributed by atoms with E-state index in [-0.39, 0.29) is 24.7 Å². The first kappa shape index (κ1) is 36.9. The van der Waals surface area contributed by atoms with Crippen molar-refractivity contribution in [2.75, 3.05) is 6.61 Å². The Morgan fingerprint density at radius 2 is 1.24 bits per heavy atom. The van der Waals surface area contributed by atoms with Crippen LogP contribution in [0.1, 0.15) is 138 Å². The molecule has 0 amide bonds. The Balaban J connectivity index is 6.30. The molecule has 0 aliphatic carbocycles. The maximum Gasteiger partial charge on any atom is 0.184 e. The number of hydrogen-bond acceptors (Lipinski definition) is 6. The van der Waals surface area contributed by atoms with Gasteiger partial charge in [-0.2, -0.15) is 0 Å². The van der Waals surface area contributed by atoms with Crippen molar-refractivity contribution in [3.8, 4) is 0 Å². The second-order valence-corrected chi connectivity index (χ2v) is 12.4. The van der Waals surface area contributed by atoms with Gasteiger partial charge in [-0.25, -0.2) is 0 Å². The minimum absolute atomic E-state index is 0.0408. The Labute approximate surface area is 233 Å². The van der Waals surface area contributed by atoms with Crippen LogP contribution in [0.5, 0.6) is 0 Å². The molecule has 224 valence electrons. The third-order valence-electron chi connectivity index (χ3n) is 8.12. The molecule has 0 saturated heterocycles. The van der Waals surface area contributed by atoms with Gasteiger partial charge in [0.15, 0.2) is 17.3 Å². The molecular weight excluding hydrogens is 480 g/mol. The van der Waals surface area contributed by atoms with Gasteiger partial charge >= 0.3 is 0 Å². The molecule has 0 aromatic rings. The molecule has 0 radical (unpaired) electrons. The van der Waals surface area contributed by atoms with Crippen LogP contribution in [0.3, 0.4) is 0 Å². The number of hydrogen-bond donors (Lipinski definition) is 3. The van der Waals surface area contributed by atoms with E-state index in [1.165, 1.54) is 0 Å². The summed E-state index contributed by atoms with van der Waals surface area (Å²) in [7, 11) is 0. The number of Topliss-reactive ketones (excluding diaryl/α,β-unsaturated/α-hetero) is 3. The molecule has 0 aromatic heterocycles. The van der Waals surface area contributed by atoms with Crippen LogP contribution in [0, 0.1) is 29.1 Å². The van der Waals surface area contributed by atoms with Crippen molar-refractivity contribution in [2.24, 2.45) is 29.1 Å². The largest absolute Gasteiger partial charge is 0.394 e. The Morgan fingerprint density at radius 1 is 0.684 bits per heavy atom. The highest BCUT2D eigenvalue weighted by molar-refractivity contribution is 6.25. The molecule has 0 bridgehead atoms. The summed E-state index contributed by atoms with van der Waals surface area (Å²) in [6, 6.07) is 0. The summed E-state index contributed by atoms with van der Waals surface area (Å²) < 4.78 is 0. The van der Waals surface area contributed by atoms with Crippen molar-refractivity contribution >= 4 is 17.3 Å². The van der Waals surface area contributed by atoms with Crippen molar-refractivity contribution < 1.29 is 29.7 Å². The van der Waals surface area contributed by atoms with Gasteiger partial charge in [0.1, 0.15) is 17.6 Å². The van der Waals surface area contributed by atoms with E-state index in [1.54, 1.807) is 6.92 Å². The lowest BCUT2D eigenvalue weighted by molar-refractivity contribution is -0.160. The number of ketones is 3. The van der Waals surface area contributed by atoms with E-state index >= 15 is 0 Å². The van der Waals surface area contributed by atoms with E-state index in [1.807, 2.05) is 6.92 Å². The average Bonchev–Trinajstić information content (AvgIpc) is 2.88. The van der Waals surface area contributed by atoms with Crippen molar-refractivity contribution in [3.05, 3.63) is 0 Å². The third kappa shape index (κ3) is 12.4. The summed E-state index contributed by atoms with van der Waals surface area (Å²) in [5, 5.41) is 30.3. The van der Waals surface area contributed by atoms with E-state index in [0.29, 0.717) is 18.8 Å². The van der Waals surface area contributed by atoms with Crippen LogP contribution in [-0.2, 0) is 14.4 Å². The first-order valence-electron chi connectivity index (χ1n) is 15.5. The molecule has 6 atom stereocenters. The minimum Gasteiger partial charge on any atom is -0.394 e. The number of unbranched alkanes of at least 4 members (excludes halogenated alkanes) is 4.